The van der Waals surface area contributed by atoms with Crippen LogP contribution in [0.1, 0.15) is 21.5 Å². The molecular weight excluding hydrogens is 629 g/mol. The number of halogens is 3. The van der Waals surface area contributed by atoms with E-state index in [9.17, 15) is 14.4 Å². The van der Waals surface area contributed by atoms with Crippen LogP contribution in [0.2, 0.25) is 15.1 Å². The maximum absolute atomic E-state index is 13.3. The summed E-state index contributed by atoms with van der Waals surface area (Å²) < 4.78 is 5.31. The van der Waals surface area contributed by atoms with Gasteiger partial charge >= 0.3 is 0 Å². The molecule has 0 aromatic heterocycles. The lowest BCUT2D eigenvalue weighted by molar-refractivity contribution is -0.114. The first-order valence-corrected chi connectivity index (χ1v) is 15.0. The van der Waals surface area contributed by atoms with E-state index in [1.54, 1.807) is 84.9 Å². The fourth-order valence-electron chi connectivity index (χ4n) is 3.83. The number of hydrogen-bond donors (Lipinski definition) is 3. The number of anilines is 2. The molecule has 43 heavy (non-hydrogen) atoms. The van der Waals surface area contributed by atoms with E-state index >= 15 is 0 Å². The number of carbonyl (C=O) groups is 3. The van der Waals surface area contributed by atoms with E-state index in [1.807, 2.05) is 6.92 Å². The van der Waals surface area contributed by atoms with Gasteiger partial charge in [-0.3, -0.25) is 14.4 Å². The molecule has 4 aromatic rings. The first kappa shape index (κ1) is 32.0. The van der Waals surface area contributed by atoms with Gasteiger partial charge in [-0.1, -0.05) is 59.1 Å². The maximum atomic E-state index is 13.3. The summed E-state index contributed by atoms with van der Waals surface area (Å²) in [6.45, 7) is 1.84. The van der Waals surface area contributed by atoms with Crippen molar-refractivity contribution in [3.8, 4) is 5.75 Å². The molecule has 4 aromatic carbocycles. The summed E-state index contributed by atoms with van der Waals surface area (Å²) in [5, 5.41) is 9.48. The minimum Gasteiger partial charge on any atom is -0.495 e. The Morgan fingerprint density at radius 3 is 2.16 bits per heavy atom. The number of aryl methyl sites for hydroxylation is 1. The largest absolute Gasteiger partial charge is 0.495 e. The second-order valence-electron chi connectivity index (χ2n) is 9.13. The topological polar surface area (TPSA) is 96.5 Å². The van der Waals surface area contributed by atoms with Crippen molar-refractivity contribution in [2.45, 2.75) is 11.8 Å². The Kier molecular flexibility index (Phi) is 11.1. The van der Waals surface area contributed by atoms with Gasteiger partial charge in [0.15, 0.2) is 0 Å². The first-order valence-electron chi connectivity index (χ1n) is 12.8. The quantitative estimate of drug-likeness (QED) is 0.119. The molecule has 220 valence electrons. The van der Waals surface area contributed by atoms with E-state index in [0.29, 0.717) is 43.3 Å². The molecule has 0 unspecified atom stereocenters. The first-order chi connectivity index (χ1) is 20.6. The molecule has 0 spiro atoms. The molecule has 4 rings (SSSR count). The normalized spacial score (nSPS) is 11.0. The fraction of sp³-hybridized carbons (Fsp3) is 0.0938. The van der Waals surface area contributed by atoms with Gasteiger partial charge < -0.3 is 20.7 Å². The lowest BCUT2D eigenvalue weighted by atomic mass is 10.1. The average Bonchev–Trinajstić information content (AvgIpc) is 3.00. The third-order valence-corrected chi connectivity index (χ3v) is 8.13. The summed E-state index contributed by atoms with van der Waals surface area (Å²) in [6.07, 6.45) is 1.43. The van der Waals surface area contributed by atoms with Crippen molar-refractivity contribution in [1.29, 1.82) is 0 Å². The highest BCUT2D eigenvalue weighted by molar-refractivity contribution is 8.00. The minimum absolute atomic E-state index is 0.0492. The number of carbonyl (C=O) groups excluding carboxylic acids is 3. The molecule has 0 atom stereocenters. The predicted molar refractivity (Wildman–Crippen MR) is 176 cm³/mol. The molecule has 0 bridgehead atoms. The number of nitrogens with one attached hydrogen (secondary N) is 3. The summed E-state index contributed by atoms with van der Waals surface area (Å²) in [5.74, 6) is -0.647. The van der Waals surface area contributed by atoms with Crippen LogP contribution in [0.25, 0.3) is 6.08 Å². The molecule has 0 fully saturated rings. The van der Waals surface area contributed by atoms with Gasteiger partial charge in [0.2, 0.25) is 5.91 Å². The van der Waals surface area contributed by atoms with Gasteiger partial charge in [0.05, 0.1) is 18.6 Å². The zero-order chi connectivity index (χ0) is 30.9. The Balaban J connectivity index is 1.43. The van der Waals surface area contributed by atoms with Crippen molar-refractivity contribution in [3.63, 3.8) is 0 Å². The monoisotopic (exact) mass is 653 g/mol. The number of hydrogen-bond acceptors (Lipinski definition) is 5. The Morgan fingerprint density at radius 2 is 1.51 bits per heavy atom. The molecule has 11 heteroatoms. The zero-order valence-electron chi connectivity index (χ0n) is 23.0. The molecule has 0 heterocycles. The van der Waals surface area contributed by atoms with E-state index in [2.05, 4.69) is 16.0 Å². The van der Waals surface area contributed by atoms with E-state index in [4.69, 9.17) is 39.5 Å². The number of benzene rings is 4. The summed E-state index contributed by atoms with van der Waals surface area (Å²) in [5.41, 5.74) is 2.55. The highest BCUT2D eigenvalue weighted by Crippen LogP contribution is 2.31. The van der Waals surface area contributed by atoms with E-state index in [1.165, 1.54) is 24.9 Å². The van der Waals surface area contributed by atoms with Gasteiger partial charge in [0, 0.05) is 42.8 Å². The Hall–Kier alpha value is -3.95. The third kappa shape index (κ3) is 8.78. The SMILES string of the molecule is COc1cc(Cl)c(C)cc1NC(=O)CSc1ccc(NC(=O)/C(=C/c2c(Cl)cccc2Cl)NC(=O)c2ccccc2)cc1. The van der Waals surface area contributed by atoms with Gasteiger partial charge in [-0.2, -0.15) is 0 Å². The number of thioether (sulfide) groups is 1. The third-order valence-electron chi connectivity index (χ3n) is 6.05. The van der Waals surface area contributed by atoms with Crippen LogP contribution in [0.3, 0.4) is 0 Å². The van der Waals surface area contributed by atoms with Crippen LogP contribution in [-0.2, 0) is 9.59 Å². The van der Waals surface area contributed by atoms with E-state index in [-0.39, 0.29) is 17.4 Å². The average molecular weight is 655 g/mol. The van der Waals surface area contributed by atoms with E-state index in [0.717, 1.165) is 10.5 Å². The van der Waals surface area contributed by atoms with Crippen LogP contribution < -0.4 is 20.7 Å². The molecule has 0 aliphatic heterocycles. The van der Waals surface area contributed by atoms with Crippen LogP contribution in [0, 0.1) is 6.92 Å². The smallest absolute Gasteiger partial charge is 0.272 e. The van der Waals surface area contributed by atoms with Crippen LogP contribution >= 0.6 is 46.6 Å². The van der Waals surface area contributed by atoms with Gasteiger partial charge in [0.25, 0.3) is 11.8 Å². The van der Waals surface area contributed by atoms with Crippen molar-refractivity contribution in [2.24, 2.45) is 0 Å². The Morgan fingerprint density at radius 1 is 0.837 bits per heavy atom. The molecule has 3 N–H and O–H groups in total. The van der Waals surface area contributed by atoms with Crippen LogP contribution in [0.5, 0.6) is 5.75 Å². The van der Waals surface area contributed by atoms with Gasteiger partial charge in [-0.15, -0.1) is 11.8 Å². The zero-order valence-corrected chi connectivity index (χ0v) is 26.1. The summed E-state index contributed by atoms with van der Waals surface area (Å²) >= 11 is 20.1. The number of rotatable bonds is 10. The highest BCUT2D eigenvalue weighted by atomic mass is 35.5. The molecule has 0 saturated heterocycles. The lowest BCUT2D eigenvalue weighted by Crippen LogP contribution is -2.30. The van der Waals surface area contributed by atoms with Crippen LogP contribution in [0.15, 0.2) is 95.5 Å². The van der Waals surface area contributed by atoms with Crippen molar-refractivity contribution in [2.75, 3.05) is 23.5 Å². The molecule has 0 aliphatic carbocycles. The second kappa shape index (κ2) is 15.0. The highest BCUT2D eigenvalue weighted by Gasteiger charge is 2.17. The lowest BCUT2D eigenvalue weighted by Gasteiger charge is -2.13. The molecule has 0 radical (unpaired) electrons. The van der Waals surface area contributed by atoms with E-state index < -0.39 is 11.8 Å². The summed E-state index contributed by atoms with van der Waals surface area (Å²) in [7, 11) is 1.51. The van der Waals surface area contributed by atoms with Gasteiger partial charge in [-0.05, 0) is 73.2 Å². The minimum atomic E-state index is -0.577. The summed E-state index contributed by atoms with van der Waals surface area (Å²) in [6, 6.07) is 23.8. The number of ether oxygens (including phenoxy) is 1. The molecule has 0 aliphatic rings. The maximum Gasteiger partial charge on any atom is 0.272 e. The van der Waals surface area contributed by atoms with Crippen LogP contribution in [0.4, 0.5) is 11.4 Å². The molecular formula is C32H26Cl3N3O4S. The molecule has 0 saturated carbocycles. The number of methoxy groups -OCH3 is 1. The van der Waals surface area contributed by atoms with Crippen molar-refractivity contribution < 1.29 is 19.1 Å². The van der Waals surface area contributed by atoms with Crippen molar-refractivity contribution >= 4 is 81.7 Å². The standard InChI is InChI=1S/C32H26Cl3N3O4S/c1-19-15-27(29(42-2)17-26(19)35)37-30(39)18-43-22-13-11-21(12-14-22)36-32(41)28(16-23-24(33)9-6-10-25(23)34)38-31(40)20-7-4-3-5-8-20/h3-17H,18H2,1-2H3,(H,36,41)(H,37,39)(H,38,40)/b28-16-. The van der Waals surface area contributed by atoms with Gasteiger partial charge in [-0.25, -0.2) is 0 Å². The van der Waals surface area contributed by atoms with Gasteiger partial charge in [0.1, 0.15) is 11.4 Å². The second-order valence-corrected chi connectivity index (χ2v) is 11.4. The summed E-state index contributed by atoms with van der Waals surface area (Å²) in [4.78, 5) is 39.6. The Bertz CT molecular complexity index is 1660. The van der Waals surface area contributed by atoms with Crippen molar-refractivity contribution in [3.05, 3.63) is 122 Å². The van der Waals surface area contributed by atoms with Crippen molar-refractivity contribution in [1.82, 2.24) is 5.32 Å². The predicted octanol–water partition coefficient (Wildman–Crippen LogP) is 8.10. The molecule has 3 amide bonds. The Labute approximate surface area is 268 Å². The van der Waals surface area contributed by atoms with Crippen LogP contribution in [-0.4, -0.2) is 30.6 Å². The fourth-order valence-corrected chi connectivity index (χ4v) is 5.19. The number of amides is 3. The molecule has 7 nitrogen and oxygen atoms in total.